The zero-order valence-corrected chi connectivity index (χ0v) is 6.37. The fourth-order valence-corrected chi connectivity index (χ4v) is 0.740. The van der Waals surface area contributed by atoms with Crippen molar-refractivity contribution in [1.82, 2.24) is 10.1 Å². The van der Waals surface area contributed by atoms with Gasteiger partial charge in [0.25, 0.3) is 12.4 Å². The van der Waals surface area contributed by atoms with Gasteiger partial charge in [0.2, 0.25) is 5.89 Å². The van der Waals surface area contributed by atoms with Gasteiger partial charge in [0.05, 0.1) is 0 Å². The van der Waals surface area contributed by atoms with Crippen LogP contribution in [0.4, 0.5) is 0 Å². The molecule has 0 radical (unpaired) electrons. The van der Waals surface area contributed by atoms with E-state index in [4.69, 9.17) is 11.1 Å². The molecule has 0 amide bonds. The molecule has 0 saturated carbocycles. The first-order valence-electron chi connectivity index (χ1n) is 3.51. The van der Waals surface area contributed by atoms with Crippen molar-refractivity contribution in [3.63, 3.8) is 0 Å². The molecule has 0 N–H and O–H groups in total. The predicted octanol–water partition coefficient (Wildman–Crippen LogP) is 1.44. The van der Waals surface area contributed by atoms with E-state index in [1.807, 2.05) is 6.92 Å². The van der Waals surface area contributed by atoms with Gasteiger partial charge in [-0.05, 0) is 6.42 Å². The smallest absolute Gasteiger partial charge is 0.276 e. The molecule has 0 spiro atoms. The molecule has 0 aliphatic heterocycles. The van der Waals surface area contributed by atoms with Crippen molar-refractivity contribution in [1.29, 1.82) is 0 Å². The Labute approximate surface area is 65.0 Å². The molecule has 4 heteroatoms. The van der Waals surface area contributed by atoms with Crippen LogP contribution in [0.2, 0.25) is 0 Å². The summed E-state index contributed by atoms with van der Waals surface area (Å²) in [7, 11) is 0. The van der Waals surface area contributed by atoms with E-state index < -0.39 is 0 Å². The normalized spacial score (nSPS) is 9.45. The molecule has 0 aliphatic carbocycles. The van der Waals surface area contributed by atoms with Gasteiger partial charge in [0, 0.05) is 6.42 Å². The van der Waals surface area contributed by atoms with E-state index in [0.29, 0.717) is 11.7 Å². The van der Waals surface area contributed by atoms with Crippen molar-refractivity contribution < 1.29 is 4.52 Å². The van der Waals surface area contributed by atoms with E-state index in [-0.39, 0.29) is 6.54 Å². The Bertz CT molecular complexity index is 261. The van der Waals surface area contributed by atoms with Crippen LogP contribution in [0.1, 0.15) is 25.1 Å². The summed E-state index contributed by atoms with van der Waals surface area (Å²) in [5.41, 5.74) is 0. The third-order valence-corrected chi connectivity index (χ3v) is 1.19. The van der Waals surface area contributed by atoms with Crippen LogP contribution >= 0.6 is 0 Å². The van der Waals surface area contributed by atoms with Crippen molar-refractivity contribution in [3.05, 3.63) is 23.1 Å². The lowest BCUT2D eigenvalue weighted by Gasteiger charge is -1.82. The Morgan fingerprint density at radius 2 is 2.45 bits per heavy atom. The van der Waals surface area contributed by atoms with E-state index >= 15 is 0 Å². The summed E-state index contributed by atoms with van der Waals surface area (Å²) in [6.07, 6.45) is 1.78. The summed E-state index contributed by atoms with van der Waals surface area (Å²) in [4.78, 5) is 7.14. The van der Waals surface area contributed by atoms with Crippen molar-refractivity contribution in [3.8, 4) is 0 Å². The van der Waals surface area contributed by atoms with Crippen LogP contribution in [0.15, 0.2) is 4.52 Å². The fraction of sp³-hybridized carbons (Fsp3) is 0.571. The number of aromatic nitrogens is 2. The van der Waals surface area contributed by atoms with Crippen molar-refractivity contribution in [2.45, 2.75) is 26.3 Å². The van der Waals surface area contributed by atoms with Gasteiger partial charge in [-0.3, -0.25) is 0 Å². The summed E-state index contributed by atoms with van der Waals surface area (Å²) < 4.78 is 4.85. The molecule has 58 valence electrons. The highest BCUT2D eigenvalue weighted by Gasteiger charge is 2.05. The molecule has 11 heavy (non-hydrogen) atoms. The maximum Gasteiger partial charge on any atom is 0.276 e. The van der Waals surface area contributed by atoms with Gasteiger partial charge in [0.1, 0.15) is 0 Å². The maximum absolute atomic E-state index is 6.55. The van der Waals surface area contributed by atoms with Crippen LogP contribution in [0, 0.1) is 6.57 Å². The lowest BCUT2D eigenvalue weighted by atomic mass is 10.3. The maximum atomic E-state index is 6.55. The highest BCUT2D eigenvalue weighted by atomic mass is 16.5. The molecule has 4 nitrogen and oxygen atoms in total. The fourth-order valence-electron chi connectivity index (χ4n) is 0.740. The molecular formula is C7H9N3O. The van der Waals surface area contributed by atoms with Gasteiger partial charge in [-0.1, -0.05) is 12.1 Å². The second kappa shape index (κ2) is 3.71. The highest BCUT2D eigenvalue weighted by molar-refractivity contribution is 4.88. The monoisotopic (exact) mass is 151 g/mol. The number of hydrogen-bond donors (Lipinski definition) is 0. The molecular weight excluding hydrogens is 142 g/mol. The van der Waals surface area contributed by atoms with E-state index in [9.17, 15) is 0 Å². The molecule has 1 heterocycles. The van der Waals surface area contributed by atoms with Crippen LogP contribution in [-0.2, 0) is 13.0 Å². The minimum atomic E-state index is 0.215. The SMILES string of the molecule is [C-]#[N+]Cc1noc(CCC)n1. The summed E-state index contributed by atoms with van der Waals surface area (Å²) in [5, 5.41) is 3.62. The van der Waals surface area contributed by atoms with E-state index in [1.165, 1.54) is 0 Å². The zero-order chi connectivity index (χ0) is 8.10. The van der Waals surface area contributed by atoms with Gasteiger partial charge in [-0.25, -0.2) is 6.57 Å². The molecule has 0 fully saturated rings. The Kier molecular flexibility index (Phi) is 2.61. The third kappa shape index (κ3) is 2.04. The Balaban J connectivity index is 2.60. The third-order valence-electron chi connectivity index (χ3n) is 1.19. The van der Waals surface area contributed by atoms with E-state index in [0.717, 1.165) is 12.8 Å². The molecule has 0 atom stereocenters. The lowest BCUT2D eigenvalue weighted by molar-refractivity contribution is 0.373. The summed E-state index contributed by atoms with van der Waals surface area (Å²) in [6, 6.07) is 0. The van der Waals surface area contributed by atoms with E-state index in [1.54, 1.807) is 0 Å². The second-order valence-corrected chi connectivity index (χ2v) is 2.17. The molecule has 0 saturated heterocycles. The number of nitrogens with zero attached hydrogens (tertiary/aromatic N) is 3. The Hall–Kier alpha value is -1.37. The molecule has 0 bridgehead atoms. The van der Waals surface area contributed by atoms with Crippen LogP contribution < -0.4 is 0 Å². The lowest BCUT2D eigenvalue weighted by Crippen LogP contribution is -1.84. The quantitative estimate of drug-likeness (QED) is 0.614. The average molecular weight is 151 g/mol. The van der Waals surface area contributed by atoms with Crippen LogP contribution in [0.5, 0.6) is 0 Å². The largest absolute Gasteiger partial charge is 0.339 e. The summed E-state index contributed by atoms with van der Waals surface area (Å²) in [6.45, 7) is 8.81. The minimum Gasteiger partial charge on any atom is -0.339 e. The van der Waals surface area contributed by atoms with Crippen molar-refractivity contribution >= 4 is 0 Å². The number of rotatable bonds is 3. The molecule has 1 aromatic heterocycles. The van der Waals surface area contributed by atoms with Crippen molar-refractivity contribution in [2.75, 3.05) is 0 Å². The van der Waals surface area contributed by atoms with E-state index in [2.05, 4.69) is 15.0 Å². The summed E-state index contributed by atoms with van der Waals surface area (Å²) >= 11 is 0. The van der Waals surface area contributed by atoms with Gasteiger partial charge in [-0.15, -0.1) is 0 Å². The van der Waals surface area contributed by atoms with Crippen LogP contribution in [0.25, 0.3) is 4.85 Å². The van der Waals surface area contributed by atoms with Gasteiger partial charge in [0.15, 0.2) is 0 Å². The minimum absolute atomic E-state index is 0.215. The van der Waals surface area contributed by atoms with Crippen LogP contribution in [-0.4, -0.2) is 10.1 Å². The zero-order valence-electron chi connectivity index (χ0n) is 6.37. The second-order valence-electron chi connectivity index (χ2n) is 2.17. The van der Waals surface area contributed by atoms with Gasteiger partial charge in [-0.2, -0.15) is 4.98 Å². The molecule has 1 rings (SSSR count). The summed E-state index contributed by atoms with van der Waals surface area (Å²) in [5.74, 6) is 1.12. The van der Waals surface area contributed by atoms with Crippen LogP contribution in [0.3, 0.4) is 0 Å². The number of aryl methyl sites for hydroxylation is 1. The first kappa shape index (κ1) is 7.73. The molecule has 1 aromatic rings. The van der Waals surface area contributed by atoms with Gasteiger partial charge < -0.3 is 9.37 Å². The topological polar surface area (TPSA) is 43.3 Å². The Morgan fingerprint density at radius 1 is 1.64 bits per heavy atom. The first-order valence-corrected chi connectivity index (χ1v) is 3.51. The molecule has 0 aromatic carbocycles. The molecule has 0 aliphatic rings. The standard InChI is InChI=1S/C7H9N3O/c1-3-4-7-9-6(5-8-2)10-11-7/h3-5H2,1H3. The average Bonchev–Trinajstić information content (AvgIpc) is 2.38. The first-order chi connectivity index (χ1) is 5.36. The number of hydrogen-bond acceptors (Lipinski definition) is 3. The Morgan fingerprint density at radius 3 is 3.09 bits per heavy atom. The van der Waals surface area contributed by atoms with Crippen molar-refractivity contribution in [2.24, 2.45) is 0 Å². The van der Waals surface area contributed by atoms with Gasteiger partial charge >= 0.3 is 0 Å². The predicted molar refractivity (Wildman–Crippen MR) is 38.6 cm³/mol. The highest BCUT2D eigenvalue weighted by Crippen LogP contribution is 2.00. The molecule has 0 unspecified atom stereocenters.